The molecule has 0 saturated heterocycles. The van der Waals surface area contributed by atoms with Crippen LogP contribution in [-0.4, -0.2) is 49.2 Å². The van der Waals surface area contributed by atoms with E-state index >= 15 is 0 Å². The predicted molar refractivity (Wildman–Crippen MR) is 126 cm³/mol. The van der Waals surface area contributed by atoms with E-state index in [9.17, 15) is 35.9 Å². The van der Waals surface area contributed by atoms with Gasteiger partial charge >= 0.3 is 12.8 Å². The molecule has 0 spiro atoms. The number of ether oxygens (including phenoxy) is 1. The van der Waals surface area contributed by atoms with Crippen molar-refractivity contribution in [2.45, 2.75) is 38.2 Å². The molecular formula is C22H20F6N8O3. The topological polar surface area (TPSA) is 157 Å². The molecule has 5 N–H and O–H groups in total. The second-order valence-electron chi connectivity index (χ2n) is 8.34. The number of aryl methyl sites for hydroxylation is 1. The van der Waals surface area contributed by atoms with Gasteiger partial charge in [0.05, 0.1) is 29.4 Å². The van der Waals surface area contributed by atoms with Crippen molar-refractivity contribution in [2.75, 3.05) is 17.7 Å². The fraction of sp³-hybridized carbons (Fsp3) is 0.318. The number of nitrogens with zero attached hydrogens (tertiary/aromatic N) is 4. The Labute approximate surface area is 214 Å². The summed E-state index contributed by atoms with van der Waals surface area (Å²) in [6.07, 6.45) is -2.82. The van der Waals surface area contributed by atoms with E-state index in [0.717, 1.165) is 6.07 Å². The summed E-state index contributed by atoms with van der Waals surface area (Å²) in [5.74, 6) is -0.768. The molecule has 0 fully saturated rings. The Morgan fingerprint density at radius 1 is 1.18 bits per heavy atom. The number of nitrogens with two attached hydrogens (primary N) is 1. The molecule has 0 radical (unpaired) electrons. The highest BCUT2D eigenvalue weighted by Crippen LogP contribution is 2.32. The number of hydrogen-bond acceptors (Lipinski definition) is 8. The predicted octanol–water partition coefficient (Wildman–Crippen LogP) is 3.11. The number of alkyl halides is 5. The summed E-state index contributed by atoms with van der Waals surface area (Å²) >= 11 is 0. The highest BCUT2D eigenvalue weighted by atomic mass is 19.4. The summed E-state index contributed by atoms with van der Waals surface area (Å²) in [6, 6.07) is 2.87. The van der Waals surface area contributed by atoms with Crippen LogP contribution in [0.25, 0.3) is 22.2 Å². The van der Waals surface area contributed by atoms with Crippen molar-refractivity contribution >= 4 is 22.4 Å². The average Bonchev–Trinajstić information content (AvgIpc) is 3.29. The van der Waals surface area contributed by atoms with Gasteiger partial charge in [-0.1, -0.05) is 0 Å². The summed E-state index contributed by atoms with van der Waals surface area (Å²) < 4.78 is 85.6. The number of anilines is 2. The van der Waals surface area contributed by atoms with Crippen LogP contribution in [0.3, 0.4) is 0 Å². The van der Waals surface area contributed by atoms with Crippen molar-refractivity contribution in [2.24, 2.45) is 0 Å². The number of halogens is 6. The Kier molecular flexibility index (Phi) is 7.89. The first kappa shape index (κ1) is 27.6. The summed E-state index contributed by atoms with van der Waals surface area (Å²) in [5, 5.41) is 14.0. The van der Waals surface area contributed by atoms with Crippen LogP contribution in [0.4, 0.5) is 38.0 Å². The molecule has 0 saturated carbocycles. The fourth-order valence-corrected chi connectivity index (χ4v) is 3.96. The Morgan fingerprint density at radius 3 is 2.62 bits per heavy atom. The van der Waals surface area contributed by atoms with Gasteiger partial charge in [0, 0.05) is 18.8 Å². The molecule has 1 aromatic carbocycles. The Balaban J connectivity index is 1.52. The minimum Gasteiger partial charge on any atom is -0.378 e. The van der Waals surface area contributed by atoms with Gasteiger partial charge in [-0.25, -0.2) is 9.49 Å². The third-order valence-corrected chi connectivity index (χ3v) is 5.70. The lowest BCUT2D eigenvalue weighted by molar-refractivity contribution is -0.138. The molecular weight excluding hydrogens is 538 g/mol. The summed E-state index contributed by atoms with van der Waals surface area (Å²) in [5.41, 5.74) is 1.16. The van der Waals surface area contributed by atoms with E-state index < -0.39 is 53.6 Å². The van der Waals surface area contributed by atoms with Gasteiger partial charge in [0.1, 0.15) is 11.4 Å². The van der Waals surface area contributed by atoms with E-state index in [0.29, 0.717) is 11.6 Å². The van der Waals surface area contributed by atoms with Crippen molar-refractivity contribution in [3.63, 3.8) is 0 Å². The van der Waals surface area contributed by atoms with Crippen LogP contribution in [-0.2, 0) is 17.5 Å². The van der Waals surface area contributed by atoms with E-state index in [1.807, 2.05) is 0 Å². The van der Waals surface area contributed by atoms with Gasteiger partial charge in [-0.15, -0.1) is 5.10 Å². The maximum absolute atomic E-state index is 14.7. The number of hydrogen-bond donors (Lipinski definition) is 4. The summed E-state index contributed by atoms with van der Waals surface area (Å²) in [6.45, 7) is -3.87. The van der Waals surface area contributed by atoms with E-state index in [1.165, 1.54) is 16.8 Å². The Hall–Kier alpha value is -4.41. The van der Waals surface area contributed by atoms with Crippen LogP contribution in [0.5, 0.6) is 0 Å². The second-order valence-corrected chi connectivity index (χ2v) is 8.34. The first-order valence-corrected chi connectivity index (χ1v) is 11.3. The summed E-state index contributed by atoms with van der Waals surface area (Å²) in [7, 11) is 0. The van der Waals surface area contributed by atoms with Crippen molar-refractivity contribution in [1.29, 1.82) is 0 Å². The minimum atomic E-state index is -5.04. The molecule has 0 bridgehead atoms. The van der Waals surface area contributed by atoms with Crippen molar-refractivity contribution in [3.8, 4) is 11.4 Å². The van der Waals surface area contributed by atoms with Crippen LogP contribution >= 0.6 is 0 Å². The fourth-order valence-electron chi connectivity index (χ4n) is 3.96. The molecule has 3 aromatic heterocycles. The molecule has 0 aliphatic carbocycles. The van der Waals surface area contributed by atoms with Gasteiger partial charge in [0.15, 0.2) is 5.82 Å². The highest BCUT2D eigenvalue weighted by Gasteiger charge is 2.37. The van der Waals surface area contributed by atoms with Crippen LogP contribution in [0.2, 0.25) is 0 Å². The molecule has 0 aliphatic heterocycles. The third kappa shape index (κ3) is 6.36. The number of fused-ring (bicyclic) bond motifs is 1. The monoisotopic (exact) mass is 558 g/mol. The smallest absolute Gasteiger partial charge is 0.378 e. The first-order chi connectivity index (χ1) is 18.4. The number of nitrogens with one attached hydrogen (secondary N) is 3. The van der Waals surface area contributed by atoms with Crippen molar-refractivity contribution in [1.82, 2.24) is 29.9 Å². The maximum atomic E-state index is 14.7. The molecule has 4 aromatic rings. The van der Waals surface area contributed by atoms with Crippen LogP contribution in [0, 0.1) is 5.82 Å². The molecule has 0 amide bonds. The number of H-pyrrole nitrogens is 2. The normalized spacial score (nSPS) is 12.8. The van der Waals surface area contributed by atoms with Crippen molar-refractivity contribution in [3.05, 3.63) is 62.7 Å². The molecule has 4 rings (SSSR count). The third-order valence-electron chi connectivity index (χ3n) is 5.70. The van der Waals surface area contributed by atoms with Gasteiger partial charge in [-0.3, -0.25) is 14.7 Å². The zero-order valence-electron chi connectivity index (χ0n) is 19.7. The Bertz CT molecular complexity index is 1580. The van der Waals surface area contributed by atoms with E-state index in [4.69, 9.17) is 5.73 Å². The zero-order chi connectivity index (χ0) is 28.3. The number of benzene rings is 1. The van der Waals surface area contributed by atoms with E-state index in [1.54, 1.807) is 11.2 Å². The van der Waals surface area contributed by atoms with E-state index in [2.05, 4.69) is 30.3 Å². The number of aromatic nitrogens is 6. The largest absolute Gasteiger partial charge is 0.423 e. The highest BCUT2D eigenvalue weighted by molar-refractivity contribution is 5.86. The van der Waals surface area contributed by atoms with E-state index in [-0.39, 0.29) is 42.1 Å². The van der Waals surface area contributed by atoms with Gasteiger partial charge in [-0.2, -0.15) is 32.0 Å². The molecule has 39 heavy (non-hydrogen) atoms. The molecule has 0 aliphatic rings. The quantitative estimate of drug-likeness (QED) is 0.216. The first-order valence-electron chi connectivity index (χ1n) is 11.3. The van der Waals surface area contributed by atoms with Gasteiger partial charge in [-0.05, 0) is 36.4 Å². The number of nitrogen functional groups attached to an aromatic ring is 1. The molecule has 0 unspecified atom stereocenters. The molecule has 3 heterocycles. The zero-order valence-corrected chi connectivity index (χ0v) is 19.7. The lowest BCUT2D eigenvalue weighted by Crippen LogP contribution is -2.32. The van der Waals surface area contributed by atoms with Gasteiger partial charge < -0.3 is 20.4 Å². The minimum absolute atomic E-state index is 0.0173. The molecule has 11 nitrogen and oxygen atoms in total. The molecule has 208 valence electrons. The summed E-state index contributed by atoms with van der Waals surface area (Å²) in [4.78, 5) is 28.5. The van der Waals surface area contributed by atoms with Crippen LogP contribution in [0.1, 0.15) is 18.4 Å². The standard InChI is InChI=1S/C22H20F6N8O3/c23-14-7-12-10(6-13(14)17-32-21(29)35-33-17)3-5-36(19(12)38)4-1-2-11(9-39-20(24)25)31-15-8-30-34-18(37)16(15)22(26,27)28/h3,5-8,11,20H,1-2,4,9H2,(H2,31,34,37)(H3,29,32,33,35)/t11-/m1/s1. The van der Waals surface area contributed by atoms with Crippen LogP contribution in [0.15, 0.2) is 40.2 Å². The molecule has 1 atom stereocenters. The lowest BCUT2D eigenvalue weighted by Gasteiger charge is -2.22. The van der Waals surface area contributed by atoms with Gasteiger partial charge in [0.25, 0.3) is 11.1 Å². The molecule has 17 heteroatoms. The number of aromatic amines is 2. The SMILES string of the molecule is Nc1n[nH]c(-c2cc3ccn(CCC[C@H](COC(F)F)Nc4cn[nH]c(=O)c4C(F)(F)F)c(=O)c3cc2F)n1. The van der Waals surface area contributed by atoms with Crippen molar-refractivity contribution < 1.29 is 31.1 Å². The number of rotatable bonds is 10. The Morgan fingerprint density at radius 2 is 1.95 bits per heavy atom. The number of pyridine rings is 1. The van der Waals surface area contributed by atoms with Crippen LogP contribution < -0.4 is 22.2 Å². The maximum Gasteiger partial charge on any atom is 0.423 e. The second kappa shape index (κ2) is 11.1. The van der Waals surface area contributed by atoms with Gasteiger partial charge in [0.2, 0.25) is 5.95 Å². The lowest BCUT2D eigenvalue weighted by atomic mass is 10.1. The average molecular weight is 558 g/mol.